The molecule has 3 aromatic carbocycles. The number of hydrogen-bond donors (Lipinski definition) is 0. The summed E-state index contributed by atoms with van der Waals surface area (Å²) in [6.45, 7) is -0.265. The molecule has 0 saturated heterocycles. The molecule has 8 nitrogen and oxygen atoms in total. The van der Waals surface area contributed by atoms with E-state index in [-0.39, 0.29) is 23.0 Å². The van der Waals surface area contributed by atoms with Gasteiger partial charge in [-0.05, 0) is 60.2 Å². The molecule has 0 spiro atoms. The molecule has 0 saturated carbocycles. The molecular weight excluding hydrogens is 550 g/mol. The van der Waals surface area contributed by atoms with E-state index in [1.54, 1.807) is 36.4 Å². The minimum absolute atomic E-state index is 0.256. The molecule has 0 fully saturated rings. The van der Waals surface area contributed by atoms with E-state index < -0.39 is 5.97 Å². The molecule has 0 aliphatic rings. The van der Waals surface area contributed by atoms with Crippen LogP contribution in [-0.4, -0.2) is 35.6 Å². The number of fused-ring (bicyclic) bond motifs is 2. The van der Waals surface area contributed by atoms with E-state index in [4.69, 9.17) is 20.8 Å². The first-order valence-electron chi connectivity index (χ1n) is 10.7. The monoisotopic (exact) mass is 565 g/mol. The Morgan fingerprint density at radius 1 is 1.17 bits per heavy atom. The molecule has 0 aliphatic heterocycles. The fourth-order valence-corrected chi connectivity index (χ4v) is 4.17. The Bertz CT molecular complexity index is 1710. The Balaban J connectivity index is 1.57. The zero-order valence-electron chi connectivity index (χ0n) is 18.8. The summed E-state index contributed by atoms with van der Waals surface area (Å²) >= 11 is 9.75. The summed E-state index contributed by atoms with van der Waals surface area (Å²) in [4.78, 5) is 29.4. The second-order valence-corrected chi connectivity index (χ2v) is 8.98. The SMILES string of the molecule is COC(=O)COc1ccc(C=Nn2c(-c3cc4cc(Br)ccc4o3)nc3ccccc3c2=O)cc1Cl. The molecule has 0 atom stereocenters. The van der Waals surface area contributed by atoms with Crippen LogP contribution in [0.3, 0.4) is 0 Å². The number of methoxy groups -OCH3 is 1. The molecule has 0 radical (unpaired) electrons. The van der Waals surface area contributed by atoms with Crippen LogP contribution in [0.2, 0.25) is 5.02 Å². The van der Waals surface area contributed by atoms with Crippen LogP contribution >= 0.6 is 27.5 Å². The summed E-state index contributed by atoms with van der Waals surface area (Å²) in [7, 11) is 1.27. The van der Waals surface area contributed by atoms with Gasteiger partial charge in [0.15, 0.2) is 12.4 Å². The smallest absolute Gasteiger partial charge is 0.343 e. The third-order valence-corrected chi connectivity index (χ3v) is 6.09. The van der Waals surface area contributed by atoms with Crippen LogP contribution in [0.1, 0.15) is 5.56 Å². The Morgan fingerprint density at radius 3 is 2.81 bits per heavy atom. The van der Waals surface area contributed by atoms with E-state index in [0.717, 1.165) is 9.86 Å². The summed E-state index contributed by atoms with van der Waals surface area (Å²) in [6.07, 6.45) is 1.48. The largest absolute Gasteiger partial charge is 0.480 e. The third kappa shape index (κ3) is 4.75. The van der Waals surface area contributed by atoms with Gasteiger partial charge in [-0.15, -0.1) is 0 Å². The van der Waals surface area contributed by atoms with E-state index in [1.807, 2.05) is 30.3 Å². The maximum atomic E-state index is 13.4. The second-order valence-electron chi connectivity index (χ2n) is 7.66. The van der Waals surface area contributed by atoms with Crippen molar-refractivity contribution in [3.05, 3.63) is 92.1 Å². The van der Waals surface area contributed by atoms with Crippen molar-refractivity contribution in [1.29, 1.82) is 0 Å². The summed E-state index contributed by atoms with van der Waals surface area (Å²) in [6, 6.07) is 19.4. The average Bonchev–Trinajstić information content (AvgIpc) is 3.30. The van der Waals surface area contributed by atoms with Crippen LogP contribution in [0, 0.1) is 0 Å². The summed E-state index contributed by atoms with van der Waals surface area (Å²) in [5, 5.41) is 5.97. The van der Waals surface area contributed by atoms with Gasteiger partial charge in [-0.1, -0.05) is 39.7 Å². The van der Waals surface area contributed by atoms with Crippen molar-refractivity contribution in [1.82, 2.24) is 9.66 Å². The molecule has 5 aromatic rings. The van der Waals surface area contributed by atoms with Crippen LogP contribution in [0.5, 0.6) is 5.75 Å². The van der Waals surface area contributed by atoms with Gasteiger partial charge in [-0.2, -0.15) is 9.78 Å². The molecule has 2 heterocycles. The van der Waals surface area contributed by atoms with Gasteiger partial charge in [0.05, 0.1) is 29.2 Å². The quantitative estimate of drug-likeness (QED) is 0.194. The number of carbonyl (C=O) groups is 1. The first-order chi connectivity index (χ1) is 17.4. The number of para-hydroxylation sites is 1. The fourth-order valence-electron chi connectivity index (χ4n) is 3.55. The maximum Gasteiger partial charge on any atom is 0.343 e. The van der Waals surface area contributed by atoms with Crippen molar-refractivity contribution in [3.63, 3.8) is 0 Å². The highest BCUT2D eigenvalue weighted by molar-refractivity contribution is 9.10. The Morgan fingerprint density at radius 2 is 2.00 bits per heavy atom. The number of ether oxygens (including phenoxy) is 2. The predicted octanol–water partition coefficient (Wildman–Crippen LogP) is 5.66. The Hall–Kier alpha value is -3.95. The number of halogens is 2. The van der Waals surface area contributed by atoms with Gasteiger partial charge < -0.3 is 13.9 Å². The number of carbonyl (C=O) groups excluding carboxylic acids is 1. The lowest BCUT2D eigenvalue weighted by molar-refractivity contribution is -0.142. The minimum Gasteiger partial charge on any atom is -0.480 e. The second kappa shape index (κ2) is 9.96. The lowest BCUT2D eigenvalue weighted by Crippen LogP contribution is -2.20. The highest BCUT2D eigenvalue weighted by atomic mass is 79.9. The maximum absolute atomic E-state index is 13.4. The number of nitrogens with zero attached hydrogens (tertiary/aromatic N) is 3. The van der Waals surface area contributed by atoms with Gasteiger partial charge in [0, 0.05) is 9.86 Å². The number of furan rings is 1. The van der Waals surface area contributed by atoms with Crippen LogP contribution in [0.4, 0.5) is 0 Å². The van der Waals surface area contributed by atoms with E-state index in [9.17, 15) is 9.59 Å². The number of rotatable bonds is 6. The average molecular weight is 567 g/mol. The summed E-state index contributed by atoms with van der Waals surface area (Å²) in [5.41, 5.74) is 1.43. The molecular formula is C26H17BrClN3O5. The summed E-state index contributed by atoms with van der Waals surface area (Å²) < 4.78 is 18.0. The zero-order chi connectivity index (χ0) is 25.2. The minimum atomic E-state index is -0.523. The van der Waals surface area contributed by atoms with E-state index >= 15 is 0 Å². The van der Waals surface area contributed by atoms with Crippen molar-refractivity contribution in [2.24, 2.45) is 5.10 Å². The molecule has 0 bridgehead atoms. The highest BCUT2D eigenvalue weighted by Gasteiger charge is 2.16. The third-order valence-electron chi connectivity index (χ3n) is 5.30. The normalized spacial score (nSPS) is 11.4. The number of benzene rings is 3. The zero-order valence-corrected chi connectivity index (χ0v) is 21.1. The van der Waals surface area contributed by atoms with E-state index in [0.29, 0.717) is 33.6 Å². The molecule has 10 heteroatoms. The fraction of sp³-hybridized carbons (Fsp3) is 0.0769. The molecule has 5 rings (SSSR count). The highest BCUT2D eigenvalue weighted by Crippen LogP contribution is 2.29. The molecule has 0 unspecified atom stereocenters. The van der Waals surface area contributed by atoms with Gasteiger partial charge in [0.1, 0.15) is 11.3 Å². The standard InChI is InChI=1S/C26H17BrClN3O5/c1-34-24(32)14-35-22-8-6-15(10-19(22)28)13-29-31-25(30-20-5-3-2-4-18(20)26(31)33)23-12-16-11-17(27)7-9-21(16)36-23/h2-13H,14H2,1H3. The van der Waals surface area contributed by atoms with Gasteiger partial charge in [0.2, 0.25) is 5.82 Å². The van der Waals surface area contributed by atoms with Crippen LogP contribution in [0.15, 0.2) is 85.5 Å². The van der Waals surface area contributed by atoms with Gasteiger partial charge in [0.25, 0.3) is 5.56 Å². The van der Waals surface area contributed by atoms with E-state index in [2.05, 4.69) is 30.8 Å². The topological polar surface area (TPSA) is 95.9 Å². The van der Waals surface area contributed by atoms with Crippen LogP contribution < -0.4 is 10.3 Å². The van der Waals surface area contributed by atoms with Gasteiger partial charge in [-0.3, -0.25) is 4.79 Å². The van der Waals surface area contributed by atoms with Crippen molar-refractivity contribution in [2.75, 3.05) is 13.7 Å². The molecule has 180 valence electrons. The van der Waals surface area contributed by atoms with Crippen molar-refractivity contribution >= 4 is 61.6 Å². The number of hydrogen-bond acceptors (Lipinski definition) is 7. The lowest BCUT2D eigenvalue weighted by atomic mass is 10.2. The van der Waals surface area contributed by atoms with Crippen LogP contribution in [0.25, 0.3) is 33.5 Å². The van der Waals surface area contributed by atoms with Crippen molar-refractivity contribution in [3.8, 4) is 17.3 Å². The molecule has 2 aromatic heterocycles. The molecule has 0 aliphatic carbocycles. The van der Waals surface area contributed by atoms with Gasteiger partial charge in [-0.25, -0.2) is 9.78 Å². The first kappa shape index (κ1) is 23.8. The Kier molecular flexibility index (Phi) is 6.58. The molecule has 36 heavy (non-hydrogen) atoms. The molecule has 0 N–H and O–H groups in total. The Labute approximate surface area is 217 Å². The predicted molar refractivity (Wildman–Crippen MR) is 141 cm³/mol. The first-order valence-corrected chi connectivity index (χ1v) is 11.8. The van der Waals surface area contributed by atoms with Gasteiger partial charge >= 0.3 is 5.97 Å². The summed E-state index contributed by atoms with van der Waals surface area (Å²) in [5.74, 6) is 0.447. The molecule has 0 amide bonds. The number of esters is 1. The number of aromatic nitrogens is 2. The van der Waals surface area contributed by atoms with Crippen molar-refractivity contribution < 1.29 is 18.7 Å². The van der Waals surface area contributed by atoms with E-state index in [1.165, 1.54) is 18.0 Å². The van der Waals surface area contributed by atoms with Crippen LogP contribution in [-0.2, 0) is 9.53 Å². The van der Waals surface area contributed by atoms with Crippen molar-refractivity contribution in [2.45, 2.75) is 0 Å². The lowest BCUT2D eigenvalue weighted by Gasteiger charge is -2.08.